The highest BCUT2D eigenvalue weighted by atomic mass is 16.6. The number of nitrogens with one attached hydrogen (secondary N) is 1. The molecule has 0 spiro atoms. The number of nitro benzene ring substituents is 1. The molecule has 0 amide bonds. The van der Waals surface area contributed by atoms with Crippen molar-refractivity contribution in [3.05, 3.63) is 66.1 Å². The van der Waals surface area contributed by atoms with Gasteiger partial charge in [-0.1, -0.05) is 13.3 Å². The Kier molecular flexibility index (Phi) is 5.81. The third kappa shape index (κ3) is 3.86. The zero-order valence-corrected chi connectivity index (χ0v) is 16.8. The lowest BCUT2D eigenvalue weighted by molar-refractivity contribution is -0.385. The summed E-state index contributed by atoms with van der Waals surface area (Å²) in [7, 11) is 1.60. The minimum absolute atomic E-state index is 0.0915. The fourth-order valence-electron chi connectivity index (χ4n) is 3.14. The number of H-pyrrole nitrogens is 1. The van der Waals surface area contributed by atoms with E-state index in [0.29, 0.717) is 17.9 Å². The van der Waals surface area contributed by atoms with E-state index in [-0.39, 0.29) is 29.0 Å². The molecule has 0 saturated carbocycles. The average Bonchev–Trinajstić information content (AvgIpc) is 3.02. The number of ether oxygens (including phenoxy) is 1. The van der Waals surface area contributed by atoms with Crippen molar-refractivity contribution in [2.45, 2.75) is 39.8 Å². The number of nitro groups is 1. The highest BCUT2D eigenvalue weighted by molar-refractivity contribution is 5.90. The lowest BCUT2D eigenvalue weighted by Gasteiger charge is -2.06. The smallest absolute Gasteiger partial charge is 0.338 e. The van der Waals surface area contributed by atoms with E-state index in [9.17, 15) is 24.5 Å². The number of unbranched alkanes of at least 4 members (excludes halogenated alkanes) is 1. The van der Waals surface area contributed by atoms with E-state index in [4.69, 9.17) is 4.74 Å². The van der Waals surface area contributed by atoms with Crippen LogP contribution in [0.1, 0.15) is 41.5 Å². The lowest BCUT2D eigenvalue weighted by atomic mass is 10.1. The van der Waals surface area contributed by atoms with Crippen LogP contribution in [0.3, 0.4) is 0 Å². The van der Waals surface area contributed by atoms with Crippen LogP contribution in [0, 0.1) is 17.0 Å². The number of aromatic nitrogens is 4. The van der Waals surface area contributed by atoms with Gasteiger partial charge in [0.1, 0.15) is 12.4 Å². The summed E-state index contributed by atoms with van der Waals surface area (Å²) in [5.74, 6) is -0.393. The quantitative estimate of drug-likeness (QED) is 0.352. The Morgan fingerprint density at radius 3 is 2.70 bits per heavy atom. The normalized spacial score (nSPS) is 11.0. The molecule has 11 nitrogen and oxygen atoms in total. The van der Waals surface area contributed by atoms with E-state index >= 15 is 0 Å². The van der Waals surface area contributed by atoms with Crippen LogP contribution in [-0.4, -0.2) is 30.0 Å². The van der Waals surface area contributed by atoms with Gasteiger partial charge in [0.15, 0.2) is 11.2 Å². The van der Waals surface area contributed by atoms with Gasteiger partial charge in [0, 0.05) is 25.2 Å². The zero-order valence-electron chi connectivity index (χ0n) is 16.8. The summed E-state index contributed by atoms with van der Waals surface area (Å²) < 4.78 is 8.15. The molecule has 11 heteroatoms. The summed E-state index contributed by atoms with van der Waals surface area (Å²) in [5, 5.41) is 10.9. The minimum Gasteiger partial charge on any atom is -0.454 e. The predicted octanol–water partition coefficient (Wildman–Crippen LogP) is 1.80. The van der Waals surface area contributed by atoms with E-state index in [0.717, 1.165) is 12.8 Å². The largest absolute Gasteiger partial charge is 0.454 e. The van der Waals surface area contributed by atoms with Gasteiger partial charge in [0.2, 0.25) is 0 Å². The van der Waals surface area contributed by atoms with E-state index in [1.807, 2.05) is 6.92 Å². The van der Waals surface area contributed by atoms with Crippen LogP contribution < -0.4 is 11.2 Å². The van der Waals surface area contributed by atoms with Gasteiger partial charge >= 0.3 is 11.7 Å². The summed E-state index contributed by atoms with van der Waals surface area (Å²) in [4.78, 5) is 53.8. The number of benzene rings is 1. The molecule has 0 aliphatic heterocycles. The molecule has 0 fully saturated rings. The maximum Gasteiger partial charge on any atom is 0.338 e. The van der Waals surface area contributed by atoms with Gasteiger partial charge < -0.3 is 9.30 Å². The Balaban J connectivity index is 1.88. The Morgan fingerprint density at radius 1 is 1.33 bits per heavy atom. The number of carbonyl (C=O) groups is 1. The van der Waals surface area contributed by atoms with Crippen molar-refractivity contribution in [1.82, 2.24) is 19.1 Å². The zero-order chi connectivity index (χ0) is 22.0. The Hall–Kier alpha value is -3.76. The molecule has 2 heterocycles. The summed E-state index contributed by atoms with van der Waals surface area (Å²) in [6.07, 6.45) is 1.60. The predicted molar refractivity (Wildman–Crippen MR) is 107 cm³/mol. The fraction of sp³-hybridized carbons (Fsp3) is 0.368. The number of aryl methyl sites for hydroxylation is 3. The molecule has 0 aliphatic carbocycles. The maximum atomic E-state index is 12.4. The van der Waals surface area contributed by atoms with Gasteiger partial charge in [0.25, 0.3) is 11.2 Å². The lowest BCUT2D eigenvalue weighted by Crippen LogP contribution is -2.31. The Morgan fingerprint density at radius 2 is 2.07 bits per heavy atom. The van der Waals surface area contributed by atoms with Crippen molar-refractivity contribution in [3.8, 4) is 0 Å². The van der Waals surface area contributed by atoms with Crippen LogP contribution >= 0.6 is 0 Å². The number of aromatic amines is 1. The van der Waals surface area contributed by atoms with Crippen molar-refractivity contribution >= 4 is 22.8 Å². The molecular weight excluding hydrogens is 394 g/mol. The molecule has 30 heavy (non-hydrogen) atoms. The highest BCUT2D eigenvalue weighted by Crippen LogP contribution is 2.20. The van der Waals surface area contributed by atoms with Crippen molar-refractivity contribution in [2.75, 3.05) is 0 Å². The van der Waals surface area contributed by atoms with Crippen molar-refractivity contribution < 1.29 is 14.5 Å². The first-order chi connectivity index (χ1) is 14.2. The van der Waals surface area contributed by atoms with Crippen LogP contribution in [0.25, 0.3) is 11.2 Å². The summed E-state index contributed by atoms with van der Waals surface area (Å²) in [6.45, 7) is 3.68. The second kappa shape index (κ2) is 8.31. The average molecular weight is 415 g/mol. The number of hydrogen-bond donors (Lipinski definition) is 1. The first-order valence-corrected chi connectivity index (χ1v) is 9.35. The third-order valence-electron chi connectivity index (χ3n) is 4.80. The number of esters is 1. The third-order valence-corrected chi connectivity index (χ3v) is 4.80. The van der Waals surface area contributed by atoms with E-state index in [1.165, 1.54) is 34.3 Å². The molecule has 0 unspecified atom stereocenters. The summed E-state index contributed by atoms with van der Waals surface area (Å²) >= 11 is 0. The van der Waals surface area contributed by atoms with E-state index in [2.05, 4.69) is 9.97 Å². The molecule has 1 aromatic carbocycles. The molecule has 0 atom stereocenters. The molecule has 0 radical (unpaired) electrons. The Labute approximate surface area is 170 Å². The number of fused-ring (bicyclic) bond motifs is 1. The minimum atomic E-state index is -0.683. The van der Waals surface area contributed by atoms with E-state index < -0.39 is 22.1 Å². The van der Waals surface area contributed by atoms with Crippen LogP contribution in [-0.2, 0) is 24.9 Å². The van der Waals surface area contributed by atoms with Gasteiger partial charge in [-0.3, -0.25) is 24.5 Å². The van der Waals surface area contributed by atoms with E-state index in [1.54, 1.807) is 7.05 Å². The summed E-state index contributed by atoms with van der Waals surface area (Å²) in [6, 6.07) is 3.94. The number of nitrogens with zero attached hydrogens (tertiary/aromatic N) is 4. The standard InChI is InChI=1S/C19H21N5O6/c1-4-5-8-23-16-15(17(25)21-19(23)27)22(3)14(20-16)10-30-18(26)12-6-7-13(24(28)29)11(2)9-12/h6-7,9H,4-5,8,10H2,1-3H3,(H,21,25,27). The van der Waals surface area contributed by atoms with Crippen LogP contribution in [0.15, 0.2) is 27.8 Å². The maximum absolute atomic E-state index is 12.4. The number of rotatable bonds is 7. The molecule has 3 aromatic rings. The van der Waals surface area contributed by atoms with Crippen molar-refractivity contribution in [2.24, 2.45) is 7.05 Å². The first-order valence-electron chi connectivity index (χ1n) is 9.35. The van der Waals surface area contributed by atoms with Gasteiger partial charge in [0.05, 0.1) is 10.5 Å². The van der Waals surface area contributed by atoms with Crippen LogP contribution in [0.2, 0.25) is 0 Å². The van der Waals surface area contributed by atoms with Gasteiger partial charge in [-0.15, -0.1) is 0 Å². The first kappa shape index (κ1) is 21.0. The highest BCUT2D eigenvalue weighted by Gasteiger charge is 2.19. The SMILES string of the molecule is CCCCn1c(=O)[nH]c(=O)c2c1nc(COC(=O)c1ccc([N+](=O)[O-])c(C)c1)n2C. The van der Waals surface area contributed by atoms with Crippen molar-refractivity contribution in [1.29, 1.82) is 0 Å². The number of carbonyl (C=O) groups excluding carboxylic acids is 1. The van der Waals surface area contributed by atoms with Gasteiger partial charge in [-0.2, -0.15) is 0 Å². The molecule has 2 aromatic heterocycles. The molecule has 0 aliphatic rings. The fourth-order valence-corrected chi connectivity index (χ4v) is 3.14. The monoisotopic (exact) mass is 415 g/mol. The van der Waals surface area contributed by atoms with Gasteiger partial charge in [-0.25, -0.2) is 14.6 Å². The van der Waals surface area contributed by atoms with Crippen LogP contribution in [0.4, 0.5) is 5.69 Å². The van der Waals surface area contributed by atoms with Crippen LogP contribution in [0.5, 0.6) is 0 Å². The molecule has 158 valence electrons. The van der Waals surface area contributed by atoms with Gasteiger partial charge in [-0.05, 0) is 25.5 Å². The molecule has 3 rings (SSSR count). The molecule has 0 saturated heterocycles. The second-order valence-electron chi connectivity index (χ2n) is 6.86. The number of hydrogen-bond acceptors (Lipinski definition) is 7. The molecular formula is C19H21N5O6. The molecule has 0 bridgehead atoms. The topological polar surface area (TPSA) is 142 Å². The van der Waals surface area contributed by atoms with Crippen molar-refractivity contribution in [3.63, 3.8) is 0 Å². The molecule has 1 N–H and O–H groups in total. The number of imidazole rings is 1. The second-order valence-corrected chi connectivity index (χ2v) is 6.86. The Bertz CT molecular complexity index is 1250. The summed E-state index contributed by atoms with van der Waals surface area (Å²) in [5.41, 5.74) is -0.255.